The summed E-state index contributed by atoms with van der Waals surface area (Å²) in [6, 6.07) is 13.0. The van der Waals surface area contributed by atoms with E-state index in [9.17, 15) is 9.90 Å². The highest BCUT2D eigenvalue weighted by Gasteiger charge is 2.53. The van der Waals surface area contributed by atoms with Gasteiger partial charge in [-0.1, -0.05) is 36.4 Å². The lowest BCUT2D eigenvalue weighted by molar-refractivity contribution is 0.0804. The standard InChI is InChI=1S/C23H23NO5/c1-27-18-8-7-15-14-24(22(26)28-17-5-3-2-4-6-17)12-11-23-10-9-16(25)13-19(23)29-21(18)20(15)23/h2-10,16,19,25H,11-14H2,1H3/t16?,19-,23?/m1/s1. The Morgan fingerprint density at radius 3 is 2.86 bits per heavy atom. The molecule has 2 heterocycles. The van der Waals surface area contributed by atoms with E-state index < -0.39 is 6.10 Å². The molecule has 1 spiro atoms. The number of carbonyl (C=O) groups is 1. The van der Waals surface area contributed by atoms with Gasteiger partial charge in [-0.25, -0.2) is 4.79 Å². The smallest absolute Gasteiger partial charge is 0.415 e. The number of aliphatic hydroxyl groups is 1. The second-order valence-corrected chi connectivity index (χ2v) is 7.79. The van der Waals surface area contributed by atoms with Crippen LogP contribution in [0.2, 0.25) is 0 Å². The van der Waals surface area contributed by atoms with Gasteiger partial charge in [0.05, 0.1) is 18.6 Å². The summed E-state index contributed by atoms with van der Waals surface area (Å²) in [7, 11) is 1.63. The van der Waals surface area contributed by atoms with Gasteiger partial charge in [0.15, 0.2) is 11.5 Å². The van der Waals surface area contributed by atoms with Crippen molar-refractivity contribution in [2.45, 2.75) is 37.0 Å². The molecule has 29 heavy (non-hydrogen) atoms. The molecular weight excluding hydrogens is 370 g/mol. The molecule has 3 aliphatic rings. The van der Waals surface area contributed by atoms with E-state index in [4.69, 9.17) is 14.2 Å². The number of methoxy groups -OCH3 is 1. The number of amides is 1. The van der Waals surface area contributed by atoms with Gasteiger partial charge in [-0.15, -0.1) is 0 Å². The molecule has 2 aromatic rings. The Morgan fingerprint density at radius 1 is 1.24 bits per heavy atom. The molecule has 2 aliphatic heterocycles. The molecule has 0 saturated carbocycles. The number of nitrogens with zero attached hydrogens (tertiary/aromatic N) is 1. The van der Waals surface area contributed by atoms with Crippen molar-refractivity contribution < 1.29 is 24.1 Å². The van der Waals surface area contributed by atoms with Crippen molar-refractivity contribution in [3.63, 3.8) is 0 Å². The summed E-state index contributed by atoms with van der Waals surface area (Å²) >= 11 is 0. The van der Waals surface area contributed by atoms with Crippen LogP contribution in [-0.4, -0.2) is 42.0 Å². The summed E-state index contributed by atoms with van der Waals surface area (Å²) in [6.07, 6.45) is 4.03. The largest absolute Gasteiger partial charge is 0.493 e. The molecule has 0 fully saturated rings. The quantitative estimate of drug-likeness (QED) is 0.792. The van der Waals surface area contributed by atoms with Crippen LogP contribution in [0.3, 0.4) is 0 Å². The topological polar surface area (TPSA) is 68.2 Å². The van der Waals surface area contributed by atoms with Crippen LogP contribution in [0.1, 0.15) is 24.0 Å². The molecule has 3 atom stereocenters. The third kappa shape index (κ3) is 2.86. The van der Waals surface area contributed by atoms with Gasteiger partial charge >= 0.3 is 6.09 Å². The predicted molar refractivity (Wildman–Crippen MR) is 106 cm³/mol. The van der Waals surface area contributed by atoms with Crippen LogP contribution in [0.4, 0.5) is 4.79 Å². The van der Waals surface area contributed by atoms with Crippen LogP contribution >= 0.6 is 0 Å². The molecule has 2 unspecified atom stereocenters. The van der Waals surface area contributed by atoms with Crippen molar-refractivity contribution in [3.8, 4) is 17.2 Å². The minimum Gasteiger partial charge on any atom is -0.493 e. The van der Waals surface area contributed by atoms with Crippen LogP contribution in [0, 0.1) is 0 Å². The van der Waals surface area contributed by atoms with Crippen molar-refractivity contribution in [3.05, 3.63) is 65.7 Å². The maximum atomic E-state index is 12.9. The lowest BCUT2D eigenvalue weighted by Crippen LogP contribution is -2.43. The molecule has 0 bridgehead atoms. The number of carbonyl (C=O) groups excluding carboxylic acids is 1. The molecule has 5 rings (SSSR count). The number of benzene rings is 2. The zero-order chi connectivity index (χ0) is 20.0. The second kappa shape index (κ2) is 6.81. The van der Waals surface area contributed by atoms with Gasteiger partial charge in [0.25, 0.3) is 0 Å². The first-order valence-electron chi connectivity index (χ1n) is 9.87. The van der Waals surface area contributed by atoms with E-state index in [2.05, 4.69) is 6.08 Å². The third-order valence-electron chi connectivity index (χ3n) is 6.16. The number of para-hydroxylation sites is 1. The first kappa shape index (κ1) is 18.1. The fraction of sp³-hybridized carbons (Fsp3) is 0.348. The van der Waals surface area contributed by atoms with Crippen molar-refractivity contribution in [1.82, 2.24) is 4.90 Å². The van der Waals surface area contributed by atoms with E-state index in [0.717, 1.165) is 16.9 Å². The Labute approximate surface area is 169 Å². The zero-order valence-corrected chi connectivity index (χ0v) is 16.2. The maximum Gasteiger partial charge on any atom is 0.415 e. The van der Waals surface area contributed by atoms with Crippen molar-refractivity contribution in [2.24, 2.45) is 0 Å². The monoisotopic (exact) mass is 393 g/mol. The summed E-state index contributed by atoms with van der Waals surface area (Å²) < 4.78 is 17.4. The highest BCUT2D eigenvalue weighted by Crippen LogP contribution is 2.55. The Kier molecular flexibility index (Phi) is 4.24. The molecule has 0 aromatic heterocycles. The summed E-state index contributed by atoms with van der Waals surface area (Å²) in [5, 5.41) is 10.2. The number of hydrogen-bond donors (Lipinski definition) is 1. The number of aliphatic hydroxyl groups excluding tert-OH is 1. The highest BCUT2D eigenvalue weighted by molar-refractivity contribution is 5.72. The average molecular weight is 393 g/mol. The van der Waals surface area contributed by atoms with Crippen LogP contribution in [-0.2, 0) is 12.0 Å². The molecule has 1 amide bonds. The molecule has 6 heteroatoms. The van der Waals surface area contributed by atoms with E-state index in [1.807, 2.05) is 36.4 Å². The predicted octanol–water partition coefficient (Wildman–Crippen LogP) is 3.42. The molecular formula is C23H23NO5. The van der Waals surface area contributed by atoms with Crippen LogP contribution in [0.5, 0.6) is 17.2 Å². The Bertz CT molecular complexity index is 973. The SMILES string of the molecule is COc1ccc2c3c1O[C@@H]1CC(O)C=CC31CCN(C(=O)Oc1ccccc1)C2. The second-order valence-electron chi connectivity index (χ2n) is 7.79. The third-order valence-corrected chi connectivity index (χ3v) is 6.16. The van der Waals surface area contributed by atoms with Crippen molar-refractivity contribution in [1.29, 1.82) is 0 Å². The Hall–Kier alpha value is -2.99. The number of ether oxygens (including phenoxy) is 3. The lowest BCUT2D eigenvalue weighted by Gasteiger charge is -2.35. The van der Waals surface area contributed by atoms with Crippen LogP contribution in [0.15, 0.2) is 54.6 Å². The minimum absolute atomic E-state index is 0.183. The zero-order valence-electron chi connectivity index (χ0n) is 16.2. The molecule has 0 radical (unpaired) electrons. The minimum atomic E-state index is -0.531. The summed E-state index contributed by atoms with van der Waals surface area (Å²) in [5.41, 5.74) is 1.71. The van der Waals surface area contributed by atoms with E-state index >= 15 is 0 Å². The molecule has 150 valence electrons. The van der Waals surface area contributed by atoms with Crippen molar-refractivity contribution in [2.75, 3.05) is 13.7 Å². The van der Waals surface area contributed by atoms with Gasteiger partial charge in [-0.2, -0.15) is 0 Å². The fourth-order valence-corrected chi connectivity index (χ4v) is 4.75. The van der Waals surface area contributed by atoms with Gasteiger partial charge in [0.2, 0.25) is 0 Å². The Morgan fingerprint density at radius 2 is 2.07 bits per heavy atom. The lowest BCUT2D eigenvalue weighted by atomic mass is 9.69. The Balaban J connectivity index is 1.52. The maximum absolute atomic E-state index is 12.9. The van der Waals surface area contributed by atoms with Gasteiger partial charge in [-0.05, 0) is 30.2 Å². The summed E-state index contributed by atoms with van der Waals surface area (Å²) in [5.74, 6) is 1.94. The highest BCUT2D eigenvalue weighted by atomic mass is 16.6. The molecule has 1 aliphatic carbocycles. The average Bonchev–Trinajstić information content (AvgIpc) is 2.96. The molecule has 1 N–H and O–H groups in total. The fourth-order valence-electron chi connectivity index (χ4n) is 4.75. The van der Waals surface area contributed by atoms with E-state index in [0.29, 0.717) is 37.4 Å². The van der Waals surface area contributed by atoms with E-state index in [-0.39, 0.29) is 17.6 Å². The van der Waals surface area contributed by atoms with Crippen molar-refractivity contribution >= 4 is 6.09 Å². The summed E-state index contributed by atoms with van der Waals surface area (Å²) in [6.45, 7) is 0.967. The molecule has 0 saturated heterocycles. The number of hydrogen-bond acceptors (Lipinski definition) is 5. The first-order chi connectivity index (χ1) is 14.1. The van der Waals surface area contributed by atoms with Gasteiger partial charge in [0, 0.05) is 25.1 Å². The van der Waals surface area contributed by atoms with Crippen LogP contribution < -0.4 is 14.2 Å². The van der Waals surface area contributed by atoms with Crippen LogP contribution in [0.25, 0.3) is 0 Å². The first-order valence-corrected chi connectivity index (χ1v) is 9.87. The molecule has 6 nitrogen and oxygen atoms in total. The van der Waals surface area contributed by atoms with Gasteiger partial charge in [0.1, 0.15) is 11.9 Å². The van der Waals surface area contributed by atoms with Gasteiger partial charge in [-0.3, -0.25) is 0 Å². The van der Waals surface area contributed by atoms with E-state index in [1.54, 1.807) is 24.1 Å². The molecule has 2 aromatic carbocycles. The summed E-state index contributed by atoms with van der Waals surface area (Å²) in [4.78, 5) is 14.6. The van der Waals surface area contributed by atoms with E-state index in [1.165, 1.54) is 0 Å². The number of rotatable bonds is 2. The van der Waals surface area contributed by atoms with Gasteiger partial charge < -0.3 is 24.2 Å². The normalized spacial score (nSPS) is 26.8.